The van der Waals surface area contributed by atoms with Gasteiger partial charge in [0.25, 0.3) is 0 Å². The van der Waals surface area contributed by atoms with Gasteiger partial charge in [-0.05, 0) is 24.3 Å². The zero-order chi connectivity index (χ0) is 10.5. The Morgan fingerprint density at radius 2 is 1.80 bits per heavy atom. The van der Waals surface area contributed by atoms with E-state index in [1.165, 1.54) is 0 Å². The average Bonchev–Trinajstić information content (AvgIpc) is 2.30. The van der Waals surface area contributed by atoms with Gasteiger partial charge in [-0.25, -0.2) is 0 Å². The Balaban J connectivity index is 1.95. The highest BCUT2D eigenvalue weighted by Crippen LogP contribution is 2.17. The lowest BCUT2D eigenvalue weighted by molar-refractivity contribution is 0.237. The first-order valence-electron chi connectivity index (χ1n) is 4.97. The molecule has 2 rings (SSSR count). The van der Waals surface area contributed by atoms with Crippen LogP contribution in [0, 0.1) is 0 Å². The normalized spacial score (nSPS) is 17.3. The van der Waals surface area contributed by atoms with Crippen molar-refractivity contribution in [3.05, 3.63) is 28.7 Å². The smallest absolute Gasteiger partial charge is 0.0875 e. The molecule has 0 radical (unpaired) electrons. The Labute approximate surface area is 97.5 Å². The minimum Gasteiger partial charge on any atom is -0.313 e. The fourth-order valence-corrected chi connectivity index (χ4v) is 1.63. The second-order valence-electron chi connectivity index (χ2n) is 3.37. The molecule has 1 aliphatic rings. The van der Waals surface area contributed by atoms with Crippen molar-refractivity contribution in [2.75, 3.05) is 26.2 Å². The Bertz CT molecular complexity index is 330. The van der Waals surface area contributed by atoms with Crippen LogP contribution in [0.4, 0.5) is 5.69 Å². The van der Waals surface area contributed by atoms with Crippen LogP contribution in [0.5, 0.6) is 0 Å². The third-order valence-corrected chi connectivity index (χ3v) is 2.74. The summed E-state index contributed by atoms with van der Waals surface area (Å²) >= 11 is 3.38. The summed E-state index contributed by atoms with van der Waals surface area (Å²) < 4.78 is 1.06. The molecule has 1 N–H and O–H groups in total. The van der Waals surface area contributed by atoms with Crippen LogP contribution in [0.1, 0.15) is 0 Å². The van der Waals surface area contributed by atoms with Gasteiger partial charge in [-0.3, -0.25) is 5.01 Å². The minimum atomic E-state index is 0.886. The first-order chi connectivity index (χ1) is 7.34. The standard InChI is InChI=1S/C10H13BrN4/c11-9-1-3-10(4-2-9)13-14-15-7-5-12-6-8-15/h1-4,12H,5-8H2. The highest BCUT2D eigenvalue weighted by Gasteiger charge is 2.05. The average molecular weight is 269 g/mol. The van der Waals surface area contributed by atoms with Crippen LogP contribution in [0.15, 0.2) is 39.1 Å². The molecule has 0 atom stereocenters. The first-order valence-corrected chi connectivity index (χ1v) is 5.77. The molecule has 1 aromatic carbocycles. The van der Waals surface area contributed by atoms with Crippen LogP contribution < -0.4 is 5.32 Å². The summed E-state index contributed by atoms with van der Waals surface area (Å²) in [4.78, 5) is 0. The highest BCUT2D eigenvalue weighted by atomic mass is 79.9. The number of nitrogens with zero attached hydrogens (tertiary/aromatic N) is 3. The molecule has 0 bridgehead atoms. The van der Waals surface area contributed by atoms with Gasteiger partial charge in [0.15, 0.2) is 0 Å². The Hall–Kier alpha value is -0.940. The predicted molar refractivity (Wildman–Crippen MR) is 63.1 cm³/mol. The molecule has 0 aliphatic carbocycles. The number of piperazine rings is 1. The van der Waals surface area contributed by atoms with Crippen LogP contribution >= 0.6 is 15.9 Å². The summed E-state index contributed by atoms with van der Waals surface area (Å²) in [6, 6.07) is 7.81. The summed E-state index contributed by atoms with van der Waals surface area (Å²) in [5, 5.41) is 13.6. The minimum absolute atomic E-state index is 0.886. The van der Waals surface area contributed by atoms with Crippen LogP contribution in [0.25, 0.3) is 0 Å². The number of halogens is 1. The van der Waals surface area contributed by atoms with Crippen molar-refractivity contribution < 1.29 is 0 Å². The van der Waals surface area contributed by atoms with Gasteiger partial charge in [0.05, 0.1) is 18.8 Å². The Morgan fingerprint density at radius 3 is 2.47 bits per heavy atom. The molecule has 1 fully saturated rings. The van der Waals surface area contributed by atoms with Crippen molar-refractivity contribution >= 4 is 21.6 Å². The lowest BCUT2D eigenvalue weighted by Gasteiger charge is -2.22. The van der Waals surface area contributed by atoms with Crippen molar-refractivity contribution in [1.82, 2.24) is 10.3 Å². The van der Waals surface area contributed by atoms with E-state index < -0.39 is 0 Å². The van der Waals surface area contributed by atoms with E-state index in [4.69, 9.17) is 0 Å². The molecular weight excluding hydrogens is 256 g/mol. The summed E-state index contributed by atoms with van der Waals surface area (Å²) in [5.74, 6) is 0. The molecule has 1 saturated heterocycles. The quantitative estimate of drug-likeness (QED) is 0.837. The van der Waals surface area contributed by atoms with Gasteiger partial charge < -0.3 is 5.32 Å². The second-order valence-corrected chi connectivity index (χ2v) is 4.29. The highest BCUT2D eigenvalue weighted by molar-refractivity contribution is 9.10. The molecule has 1 aliphatic heterocycles. The lowest BCUT2D eigenvalue weighted by Crippen LogP contribution is -2.40. The Kier molecular flexibility index (Phi) is 3.69. The third-order valence-electron chi connectivity index (χ3n) is 2.21. The van der Waals surface area contributed by atoms with E-state index in [-0.39, 0.29) is 0 Å². The molecule has 1 aromatic rings. The van der Waals surface area contributed by atoms with E-state index in [2.05, 4.69) is 31.6 Å². The monoisotopic (exact) mass is 268 g/mol. The van der Waals surface area contributed by atoms with E-state index in [9.17, 15) is 0 Å². The van der Waals surface area contributed by atoms with Gasteiger partial charge in [0.2, 0.25) is 0 Å². The van der Waals surface area contributed by atoms with Crippen LogP contribution in [-0.2, 0) is 0 Å². The van der Waals surface area contributed by atoms with Gasteiger partial charge in [-0.1, -0.05) is 21.2 Å². The number of hydrogen-bond acceptors (Lipinski definition) is 3. The largest absolute Gasteiger partial charge is 0.313 e. The fraction of sp³-hybridized carbons (Fsp3) is 0.400. The van der Waals surface area contributed by atoms with Crippen molar-refractivity contribution in [3.63, 3.8) is 0 Å². The zero-order valence-corrected chi connectivity index (χ0v) is 9.94. The van der Waals surface area contributed by atoms with E-state index in [1.807, 2.05) is 29.3 Å². The maximum atomic E-state index is 4.19. The van der Waals surface area contributed by atoms with Gasteiger partial charge in [0.1, 0.15) is 0 Å². The molecule has 0 unspecified atom stereocenters. The number of benzene rings is 1. The van der Waals surface area contributed by atoms with Gasteiger partial charge >= 0.3 is 0 Å². The van der Waals surface area contributed by atoms with Crippen molar-refractivity contribution in [2.24, 2.45) is 10.3 Å². The van der Waals surface area contributed by atoms with Gasteiger partial charge in [-0.2, -0.15) is 0 Å². The second kappa shape index (κ2) is 5.23. The van der Waals surface area contributed by atoms with E-state index in [1.54, 1.807) is 0 Å². The van der Waals surface area contributed by atoms with Crippen LogP contribution in [0.2, 0.25) is 0 Å². The maximum absolute atomic E-state index is 4.19. The van der Waals surface area contributed by atoms with Crippen LogP contribution in [-0.4, -0.2) is 31.2 Å². The molecule has 0 amide bonds. The molecule has 0 saturated carbocycles. The first kappa shape index (κ1) is 10.6. The Morgan fingerprint density at radius 1 is 1.13 bits per heavy atom. The van der Waals surface area contributed by atoms with E-state index in [0.29, 0.717) is 0 Å². The molecule has 80 valence electrons. The topological polar surface area (TPSA) is 40.0 Å². The number of rotatable bonds is 2. The van der Waals surface area contributed by atoms with E-state index >= 15 is 0 Å². The molecule has 5 heteroatoms. The summed E-state index contributed by atoms with van der Waals surface area (Å²) in [5.41, 5.74) is 0.886. The number of nitrogens with one attached hydrogen (secondary N) is 1. The van der Waals surface area contributed by atoms with Crippen LogP contribution in [0.3, 0.4) is 0 Å². The van der Waals surface area contributed by atoms with Crippen molar-refractivity contribution in [2.45, 2.75) is 0 Å². The predicted octanol–water partition coefficient (Wildman–Crippen LogP) is 2.35. The third kappa shape index (κ3) is 3.28. The molecule has 4 nitrogen and oxygen atoms in total. The SMILES string of the molecule is Brc1ccc(N=NN2CCNCC2)cc1. The summed E-state index contributed by atoms with van der Waals surface area (Å²) in [6.07, 6.45) is 0. The lowest BCUT2D eigenvalue weighted by atomic mass is 10.3. The van der Waals surface area contributed by atoms with Crippen molar-refractivity contribution in [1.29, 1.82) is 0 Å². The fourth-order valence-electron chi connectivity index (χ4n) is 1.37. The molecule has 0 spiro atoms. The molecule has 15 heavy (non-hydrogen) atoms. The summed E-state index contributed by atoms with van der Waals surface area (Å²) in [6.45, 7) is 3.83. The molecular formula is C10H13BrN4. The van der Waals surface area contributed by atoms with Gasteiger partial charge in [-0.15, -0.1) is 5.11 Å². The summed E-state index contributed by atoms with van der Waals surface area (Å²) in [7, 11) is 0. The number of hydrogen-bond donors (Lipinski definition) is 1. The van der Waals surface area contributed by atoms with Gasteiger partial charge in [0, 0.05) is 17.6 Å². The zero-order valence-electron chi connectivity index (χ0n) is 8.36. The molecule has 1 heterocycles. The van der Waals surface area contributed by atoms with Crippen molar-refractivity contribution in [3.8, 4) is 0 Å². The maximum Gasteiger partial charge on any atom is 0.0875 e. The molecule has 0 aromatic heterocycles. The van der Waals surface area contributed by atoms with E-state index in [0.717, 1.165) is 36.3 Å².